The molecule has 7 nitrogen and oxygen atoms in total. The number of carbonyl (C=O) groups excluding carboxylic acids is 1. The van der Waals surface area contributed by atoms with E-state index in [1.807, 2.05) is 49.6 Å². The second-order valence-corrected chi connectivity index (χ2v) is 12.1. The Bertz CT molecular complexity index is 1440. The van der Waals surface area contributed by atoms with E-state index < -0.39 is 15.9 Å². The van der Waals surface area contributed by atoms with Gasteiger partial charge in [-0.1, -0.05) is 36.8 Å². The lowest BCUT2D eigenvalue weighted by atomic mass is 10.2. The van der Waals surface area contributed by atoms with Gasteiger partial charge < -0.3 is 0 Å². The molecule has 0 aliphatic carbocycles. The summed E-state index contributed by atoms with van der Waals surface area (Å²) in [6, 6.07) is 15.7. The third-order valence-electron chi connectivity index (χ3n) is 5.39. The monoisotopic (exact) mass is 526 g/mol. The van der Waals surface area contributed by atoms with Crippen molar-refractivity contribution in [3.05, 3.63) is 76.0 Å². The second-order valence-electron chi connectivity index (χ2n) is 8.05. The van der Waals surface area contributed by atoms with Crippen LogP contribution >= 0.6 is 22.7 Å². The Morgan fingerprint density at radius 3 is 2.60 bits per heavy atom. The zero-order valence-corrected chi connectivity index (χ0v) is 22.2. The number of rotatable bonds is 9. The predicted molar refractivity (Wildman–Crippen MR) is 144 cm³/mol. The molecular weight excluding hydrogens is 501 g/mol. The molecule has 1 amide bonds. The lowest BCUT2D eigenvalue weighted by Gasteiger charge is -2.17. The van der Waals surface area contributed by atoms with E-state index in [0.717, 1.165) is 33.5 Å². The topological polar surface area (TPSA) is 82.9 Å². The highest BCUT2D eigenvalue weighted by atomic mass is 32.2. The Morgan fingerprint density at radius 2 is 1.91 bits per heavy atom. The van der Waals surface area contributed by atoms with Crippen molar-refractivity contribution in [2.45, 2.75) is 31.6 Å². The molecule has 4 aromatic rings. The van der Waals surface area contributed by atoms with Crippen molar-refractivity contribution >= 4 is 60.2 Å². The first-order chi connectivity index (χ1) is 16.8. The zero-order valence-electron chi connectivity index (χ0n) is 19.7. The average Bonchev–Trinajstić information content (AvgIpc) is 3.52. The van der Waals surface area contributed by atoms with Crippen LogP contribution in [-0.4, -0.2) is 43.4 Å². The van der Waals surface area contributed by atoms with Crippen molar-refractivity contribution < 1.29 is 13.2 Å². The summed E-state index contributed by atoms with van der Waals surface area (Å²) in [7, 11) is -2.05. The van der Waals surface area contributed by atoms with Crippen LogP contribution in [0.3, 0.4) is 0 Å². The Balaban J connectivity index is 1.66. The summed E-state index contributed by atoms with van der Waals surface area (Å²) in [5.74, 6) is -0.392. The highest BCUT2D eigenvalue weighted by molar-refractivity contribution is 7.89. The number of thiazole rings is 1. The number of aryl methyl sites for hydroxylation is 1. The second kappa shape index (κ2) is 10.8. The SMILES string of the molecule is CCCCN(C)S(=O)(=O)c1ccc(C(=O)N(/N=C/c2cccs2)c2nc3ccc(C)cc3s2)cc1. The number of nitrogens with zero attached hydrogens (tertiary/aromatic N) is 4. The largest absolute Gasteiger partial charge is 0.280 e. The maximum absolute atomic E-state index is 13.5. The van der Waals surface area contributed by atoms with E-state index in [9.17, 15) is 13.2 Å². The molecule has 4 rings (SSSR count). The number of aromatic nitrogens is 1. The van der Waals surface area contributed by atoms with Crippen molar-refractivity contribution in [1.82, 2.24) is 9.29 Å². The molecule has 2 heterocycles. The van der Waals surface area contributed by atoms with Crippen molar-refractivity contribution in [2.24, 2.45) is 5.10 Å². The molecule has 0 N–H and O–H groups in total. The van der Waals surface area contributed by atoms with Crippen molar-refractivity contribution in [3.63, 3.8) is 0 Å². The van der Waals surface area contributed by atoms with E-state index >= 15 is 0 Å². The Kier molecular flexibility index (Phi) is 7.75. The number of thiophene rings is 1. The van der Waals surface area contributed by atoms with Crippen LogP contribution in [-0.2, 0) is 10.0 Å². The van der Waals surface area contributed by atoms with Gasteiger partial charge in [-0.2, -0.15) is 10.1 Å². The van der Waals surface area contributed by atoms with Crippen LogP contribution in [0, 0.1) is 6.92 Å². The first kappa shape index (κ1) is 25.2. The van der Waals surface area contributed by atoms with Crippen LogP contribution < -0.4 is 5.01 Å². The minimum atomic E-state index is -3.62. The zero-order chi connectivity index (χ0) is 25.0. The van der Waals surface area contributed by atoms with E-state index in [1.165, 1.54) is 56.3 Å². The van der Waals surface area contributed by atoms with Crippen molar-refractivity contribution in [1.29, 1.82) is 0 Å². The molecule has 10 heteroatoms. The minimum Gasteiger partial charge on any atom is -0.267 e. The third kappa shape index (κ3) is 5.67. The molecule has 0 saturated heterocycles. The quantitative estimate of drug-likeness (QED) is 0.205. The number of carbonyl (C=O) groups is 1. The van der Waals surface area contributed by atoms with Gasteiger partial charge in [-0.15, -0.1) is 11.3 Å². The van der Waals surface area contributed by atoms with Gasteiger partial charge in [0.1, 0.15) is 0 Å². The van der Waals surface area contributed by atoms with Crippen molar-refractivity contribution in [3.8, 4) is 0 Å². The van der Waals surface area contributed by atoms with Gasteiger partial charge in [0.05, 0.1) is 21.3 Å². The minimum absolute atomic E-state index is 0.150. The number of sulfonamides is 1. The Morgan fingerprint density at radius 1 is 1.14 bits per heavy atom. The molecule has 0 saturated carbocycles. The molecular formula is C25H26N4O3S3. The molecule has 0 fully saturated rings. The smallest absolute Gasteiger partial charge is 0.267 e. The number of hydrazone groups is 1. The molecule has 0 unspecified atom stereocenters. The van der Waals surface area contributed by atoms with Crippen LogP contribution in [0.1, 0.15) is 40.6 Å². The number of benzene rings is 2. The molecule has 182 valence electrons. The van der Waals surface area contributed by atoms with Gasteiger partial charge in [-0.3, -0.25) is 4.79 Å². The fourth-order valence-electron chi connectivity index (χ4n) is 3.35. The van der Waals surface area contributed by atoms with Crippen LogP contribution in [0.4, 0.5) is 5.13 Å². The van der Waals surface area contributed by atoms with Gasteiger partial charge in [-0.25, -0.2) is 17.7 Å². The lowest BCUT2D eigenvalue weighted by Crippen LogP contribution is -2.28. The van der Waals surface area contributed by atoms with E-state index in [2.05, 4.69) is 10.1 Å². The van der Waals surface area contributed by atoms with E-state index in [1.54, 1.807) is 13.3 Å². The highest BCUT2D eigenvalue weighted by Crippen LogP contribution is 2.31. The third-order valence-corrected chi connectivity index (χ3v) is 9.06. The van der Waals surface area contributed by atoms with Gasteiger partial charge in [-0.05, 0) is 66.8 Å². The van der Waals surface area contributed by atoms with E-state index in [0.29, 0.717) is 17.2 Å². The van der Waals surface area contributed by atoms with E-state index in [4.69, 9.17) is 0 Å². The summed E-state index contributed by atoms with van der Waals surface area (Å²) < 4.78 is 28.0. The highest BCUT2D eigenvalue weighted by Gasteiger charge is 2.24. The lowest BCUT2D eigenvalue weighted by molar-refractivity contribution is 0.0987. The summed E-state index contributed by atoms with van der Waals surface area (Å²) in [6.45, 7) is 4.47. The molecule has 0 atom stereocenters. The number of hydrogen-bond donors (Lipinski definition) is 0. The molecule has 0 aliphatic rings. The van der Waals surface area contributed by atoms with Gasteiger partial charge in [0, 0.05) is 24.0 Å². The van der Waals surface area contributed by atoms with Crippen LogP contribution in [0.25, 0.3) is 10.2 Å². The van der Waals surface area contributed by atoms with Gasteiger partial charge >= 0.3 is 0 Å². The maximum atomic E-state index is 13.5. The standard InChI is InChI=1S/C25H26N4O3S3/c1-4-5-14-28(3)35(31,32)21-11-9-19(10-12-21)24(30)29(26-17-20-7-6-15-33-20)25-27-22-13-8-18(2)16-23(22)34-25/h6-13,15-17H,4-5,14H2,1-3H3/b26-17+. The first-order valence-electron chi connectivity index (χ1n) is 11.1. The Labute approximate surface area is 213 Å². The van der Waals surface area contributed by atoms with Crippen LogP contribution in [0.15, 0.2) is 70.0 Å². The number of anilines is 1. The Hall–Kier alpha value is -2.92. The fourth-order valence-corrected chi connectivity index (χ4v) is 6.16. The summed E-state index contributed by atoms with van der Waals surface area (Å²) in [5.41, 5.74) is 2.21. The molecule has 0 bridgehead atoms. The number of unbranched alkanes of at least 4 members (excludes halogenated alkanes) is 1. The van der Waals surface area contributed by atoms with Gasteiger partial charge in [0.25, 0.3) is 5.91 Å². The molecule has 2 aromatic carbocycles. The molecule has 0 spiro atoms. The summed E-state index contributed by atoms with van der Waals surface area (Å²) in [4.78, 5) is 19.2. The van der Waals surface area contributed by atoms with Gasteiger partial charge in [0.2, 0.25) is 15.2 Å². The number of hydrogen-bond acceptors (Lipinski definition) is 7. The first-order valence-corrected chi connectivity index (χ1v) is 14.3. The van der Waals surface area contributed by atoms with Gasteiger partial charge in [0.15, 0.2) is 0 Å². The summed E-state index contributed by atoms with van der Waals surface area (Å²) in [5, 5.41) is 8.11. The predicted octanol–water partition coefficient (Wildman–Crippen LogP) is 5.77. The van der Waals surface area contributed by atoms with Crippen LogP contribution in [0.2, 0.25) is 0 Å². The van der Waals surface area contributed by atoms with Crippen molar-refractivity contribution in [2.75, 3.05) is 18.6 Å². The normalized spacial score (nSPS) is 12.1. The molecule has 0 aliphatic heterocycles. The molecule has 0 radical (unpaired) electrons. The number of amides is 1. The molecule has 2 aromatic heterocycles. The summed E-state index contributed by atoms with van der Waals surface area (Å²) in [6.07, 6.45) is 3.31. The summed E-state index contributed by atoms with van der Waals surface area (Å²) >= 11 is 2.89. The fraction of sp³-hybridized carbons (Fsp3) is 0.240. The number of fused-ring (bicyclic) bond motifs is 1. The van der Waals surface area contributed by atoms with Crippen LogP contribution in [0.5, 0.6) is 0 Å². The average molecular weight is 527 g/mol. The molecule has 35 heavy (non-hydrogen) atoms. The maximum Gasteiger partial charge on any atom is 0.280 e. The van der Waals surface area contributed by atoms with E-state index in [-0.39, 0.29) is 4.90 Å².